The van der Waals surface area contributed by atoms with Crippen molar-refractivity contribution in [2.45, 2.75) is 167 Å². The van der Waals surface area contributed by atoms with Crippen LogP contribution in [0.4, 0.5) is 14.9 Å². The highest BCUT2D eigenvalue weighted by Crippen LogP contribution is 2.39. The Labute approximate surface area is 574 Å². The molecule has 1 saturated heterocycles. The molecule has 2 aromatic carbocycles. The number of nitrogens with two attached hydrogens (primary N) is 4. The summed E-state index contributed by atoms with van der Waals surface area (Å²) < 4.78 is 15.0. The number of aliphatic hydroxyl groups excluding tert-OH is 2. The van der Waals surface area contributed by atoms with Crippen LogP contribution in [0.3, 0.4) is 0 Å². The number of hydrogen-bond donors (Lipinski definition) is 18. The quantitative estimate of drug-likeness (QED) is 0.0349. The van der Waals surface area contributed by atoms with Crippen LogP contribution in [0, 0.1) is 25.6 Å². The Hall–Kier alpha value is -9.25. The molecule has 2 aliphatic rings. The lowest BCUT2D eigenvalue weighted by atomic mass is 10.00. The van der Waals surface area contributed by atoms with E-state index in [0.29, 0.717) is 46.1 Å². The number of nitrogens with zero attached hydrogens (tertiary/aromatic N) is 2. The summed E-state index contributed by atoms with van der Waals surface area (Å²) in [6.45, 7) is 14.4. The molecule has 0 unspecified atom stereocenters. The maximum Gasteiger partial charge on any atom is 0.329 e. The van der Waals surface area contributed by atoms with Crippen LogP contribution in [0.25, 0.3) is 11.6 Å². The number of amides is 13. The zero-order chi connectivity index (χ0) is 73.4. The monoisotopic (exact) mass is 1390 g/mol. The van der Waals surface area contributed by atoms with E-state index in [0.717, 1.165) is 38.2 Å². The number of aromatic nitrogens is 1. The van der Waals surface area contributed by atoms with Crippen molar-refractivity contribution in [2.24, 2.45) is 28.9 Å². The number of H-pyrrole nitrogens is 1. The first-order valence-electron chi connectivity index (χ1n) is 33.3. The molecule has 11 atom stereocenters. The van der Waals surface area contributed by atoms with Crippen LogP contribution in [0.15, 0.2) is 48.5 Å². The number of urea groups is 1. The van der Waals surface area contributed by atoms with Crippen molar-refractivity contribution < 1.29 is 72.1 Å². The number of anilines is 1. The van der Waals surface area contributed by atoms with Crippen molar-refractivity contribution in [1.29, 1.82) is 0 Å². The molecule has 33 heteroatoms. The first-order chi connectivity index (χ1) is 47.0. The van der Waals surface area contributed by atoms with Crippen molar-refractivity contribution in [3.05, 3.63) is 88.0 Å². The third-order valence-electron chi connectivity index (χ3n) is 16.8. The molecule has 0 radical (unpaired) electrons. The highest BCUT2D eigenvalue weighted by molar-refractivity contribution is 6.42. The number of fused-ring (bicyclic) bond motifs is 1. The number of aryl methyl sites for hydroxylation is 1. The molecule has 1 fully saturated rings. The number of halogens is 1. The number of aromatic amines is 1. The number of rotatable bonds is 26. The van der Waals surface area contributed by atoms with Gasteiger partial charge in [-0.15, -0.1) is 0 Å². The maximum absolute atomic E-state index is 15.0. The first-order valence-corrected chi connectivity index (χ1v) is 33.3. The summed E-state index contributed by atoms with van der Waals surface area (Å²) in [7, 11) is 0. The predicted octanol–water partition coefficient (Wildman–Crippen LogP) is -3.35. The summed E-state index contributed by atoms with van der Waals surface area (Å²) in [5, 5.41) is 50.1. The smallest absolute Gasteiger partial charge is 0.329 e. The molecule has 22 N–H and O–H groups in total. The minimum absolute atomic E-state index is 0.0209. The normalized spacial score (nSPS) is 21.8. The van der Waals surface area contributed by atoms with Crippen molar-refractivity contribution >= 4 is 88.3 Å². The van der Waals surface area contributed by atoms with Gasteiger partial charge in [0, 0.05) is 43.0 Å². The molecule has 99 heavy (non-hydrogen) atoms. The summed E-state index contributed by atoms with van der Waals surface area (Å²) in [6.07, 6.45) is -3.64. The molecule has 0 saturated carbocycles. The van der Waals surface area contributed by atoms with Crippen molar-refractivity contribution in [3.8, 4) is 0 Å². The number of aliphatic hydroxyl groups is 2. The van der Waals surface area contributed by atoms with E-state index in [9.17, 15) is 67.7 Å². The zero-order valence-electron chi connectivity index (χ0n) is 57.3. The summed E-state index contributed by atoms with van der Waals surface area (Å²) in [6, 6.07) is -3.87. The van der Waals surface area contributed by atoms with Gasteiger partial charge in [0.2, 0.25) is 53.2 Å². The molecule has 32 nitrogen and oxygen atoms in total. The average molecular weight is 1390 g/mol. The first kappa shape index (κ1) is 80.4. The number of carbonyl (C=O) groups excluding carboxylic acids is 12. The van der Waals surface area contributed by atoms with Crippen LogP contribution in [0.2, 0.25) is 0 Å². The van der Waals surface area contributed by atoms with E-state index in [1.807, 2.05) is 13.8 Å². The second-order valence-electron chi connectivity index (χ2n) is 24.8. The second kappa shape index (κ2) is 38.8. The third-order valence-corrected chi connectivity index (χ3v) is 16.8. The Balaban J connectivity index is 1.47. The van der Waals surface area contributed by atoms with Gasteiger partial charge in [0.1, 0.15) is 60.2 Å². The summed E-state index contributed by atoms with van der Waals surface area (Å²) in [5.41, 5.74) is 25.5. The molecule has 1 aromatic heterocycles. The molecule has 2 aliphatic heterocycles. The number of likely N-dealkylation sites (N-methyl/N-ethyl adjacent to an activating group) is 1. The largest absolute Gasteiger partial charge is 0.391 e. The summed E-state index contributed by atoms with van der Waals surface area (Å²) in [5.74, 6) is -11.3. The number of benzene rings is 2. The molecule has 3 aromatic rings. The molecule has 5 rings (SSSR count). The lowest BCUT2D eigenvalue weighted by molar-refractivity contribution is -0.136. The average Bonchev–Trinajstić information content (AvgIpc) is 1.61. The Morgan fingerprint density at radius 2 is 1.25 bits per heavy atom. The molecular weight excluding hydrogens is 1290 g/mol. The van der Waals surface area contributed by atoms with E-state index in [2.05, 4.69) is 68.4 Å². The Bertz CT molecular complexity index is 3380. The van der Waals surface area contributed by atoms with Crippen molar-refractivity contribution in [1.82, 2.24) is 68.4 Å². The third kappa shape index (κ3) is 22.6. The molecule has 13 amide bonds. The molecule has 0 bridgehead atoms. The van der Waals surface area contributed by atoms with Crippen LogP contribution in [0.5, 0.6) is 0 Å². The maximum atomic E-state index is 15.0. The molecule has 3 heterocycles. The Kier molecular flexibility index (Phi) is 31.5. The van der Waals surface area contributed by atoms with Gasteiger partial charge in [-0.1, -0.05) is 58.0 Å². The van der Waals surface area contributed by atoms with Gasteiger partial charge >= 0.3 is 6.03 Å². The molecule has 0 aliphatic carbocycles. The lowest BCUT2D eigenvalue weighted by Gasteiger charge is -2.29. The van der Waals surface area contributed by atoms with E-state index >= 15 is 4.39 Å². The number of hydrogen-bond acceptors (Lipinski definition) is 19. The van der Waals surface area contributed by atoms with E-state index in [-0.39, 0.29) is 93.4 Å². The van der Waals surface area contributed by atoms with Gasteiger partial charge in [-0.2, -0.15) is 0 Å². The van der Waals surface area contributed by atoms with Crippen LogP contribution < -0.4 is 86.3 Å². The Morgan fingerprint density at radius 1 is 0.697 bits per heavy atom. The minimum Gasteiger partial charge on any atom is -0.391 e. The van der Waals surface area contributed by atoms with Gasteiger partial charge in [0.25, 0.3) is 11.8 Å². The fourth-order valence-electron chi connectivity index (χ4n) is 11.3. The number of nitrogens with one attached hydrogen (secondary N) is 12. The summed E-state index contributed by atoms with van der Waals surface area (Å²) in [4.78, 5) is 177. The zero-order valence-corrected chi connectivity index (χ0v) is 57.3. The van der Waals surface area contributed by atoms with Gasteiger partial charge in [0.15, 0.2) is 0 Å². The van der Waals surface area contributed by atoms with Gasteiger partial charge in [-0.05, 0) is 147 Å². The Morgan fingerprint density at radius 3 is 1.81 bits per heavy atom. The van der Waals surface area contributed by atoms with Crippen LogP contribution in [0.1, 0.15) is 119 Å². The van der Waals surface area contributed by atoms with Crippen LogP contribution in [-0.4, -0.2) is 217 Å². The van der Waals surface area contributed by atoms with Gasteiger partial charge < -0.3 is 102 Å². The van der Waals surface area contributed by atoms with E-state index < -0.39 is 150 Å². The van der Waals surface area contributed by atoms with Gasteiger partial charge in [-0.25, -0.2) is 14.1 Å². The standard InChI is InChI=1S/C66H99FN18O14/c1-9-84(10-2)29-28-73-62(95)52-35(5)48(74-36(52)6)33-42-41-32-40(67)16-17-51(41)85(65(42)98)66(99)83-54(38(8)87)64(97)79-45(20-25-70)56(89)78-47-22-27-72-63(96)53(37(7)86)82-59(92)46(21-26-71)76-55(88)43(18-23-68)77-60(93)49(30-34(3)4)80-61(94)50(31-39-14-12-11-13-15-39)81-57(90)44(19-24-69)75-58(47)91/h11-17,32-34,37-38,43-47,49-50,53-54,74,86-87H,9-10,18-31,68-71H2,1-8H3,(H,72,96)(H,73,95)(H,75,91)(H,76,88)(H,77,93)(H,78,89)(H,79,97)(H,80,94)(H,81,90)(H,82,92)(H,83,99)/b42-33-/t37-,38+,43+,44+,45+,46+,47+,49+,50-,53+,54+/m1/s1. The molecule has 544 valence electrons. The predicted molar refractivity (Wildman–Crippen MR) is 365 cm³/mol. The van der Waals surface area contributed by atoms with E-state index in [1.54, 1.807) is 58.0 Å². The SMILES string of the molecule is CCN(CC)CCNC(=O)c1c(C)[nH]c(/C=C2\C(=O)N(C(=O)N[C@H](C(=O)N[C@@H](CCN)C(=O)N[C@H]3CCNC(=O)[C@H]([C@@H](C)O)NC(=O)[C@H](CCN)NC(=O)[C@H](CCN)NC(=O)[C@H](CC(C)C)NC(=O)[C@@H](Cc4ccccc4)NC(=O)[C@H](CCN)NC3=O)[C@H](C)O)c3ccc(F)cc32)c1C. The number of carbonyl (C=O) groups is 12. The van der Waals surface area contributed by atoms with Crippen LogP contribution >= 0.6 is 0 Å². The summed E-state index contributed by atoms with van der Waals surface area (Å²) >= 11 is 0. The molecule has 0 spiro atoms. The van der Waals surface area contributed by atoms with E-state index in [1.165, 1.54) is 13.0 Å². The van der Waals surface area contributed by atoms with Crippen LogP contribution in [-0.2, 0) is 54.4 Å². The van der Waals surface area contributed by atoms with Crippen molar-refractivity contribution in [3.63, 3.8) is 0 Å². The van der Waals surface area contributed by atoms with Crippen molar-refractivity contribution in [2.75, 3.05) is 63.8 Å². The molecular formula is C66H99FN18O14. The van der Waals surface area contributed by atoms with Gasteiger partial charge in [0.05, 0.1) is 29.0 Å². The van der Waals surface area contributed by atoms with Gasteiger partial charge in [-0.3, -0.25) is 52.7 Å². The van der Waals surface area contributed by atoms with E-state index in [4.69, 9.17) is 22.9 Å². The fourth-order valence-corrected chi connectivity index (χ4v) is 11.3. The number of imide groups is 1. The fraction of sp³-hybridized carbons (Fsp3) is 0.545. The topological polar surface area (TPSA) is 504 Å². The highest BCUT2D eigenvalue weighted by atomic mass is 19.1. The second-order valence-corrected chi connectivity index (χ2v) is 24.8. The lowest BCUT2D eigenvalue weighted by Crippen LogP contribution is -2.62. The highest BCUT2D eigenvalue weighted by Gasteiger charge is 2.42. The minimum atomic E-state index is -1.94.